The van der Waals surface area contributed by atoms with Gasteiger partial charge in [-0.15, -0.1) is 0 Å². The molecule has 0 bridgehead atoms. The first kappa shape index (κ1) is 60.7. The van der Waals surface area contributed by atoms with Crippen LogP contribution in [0.2, 0.25) is 0 Å². The summed E-state index contributed by atoms with van der Waals surface area (Å²) in [6.45, 7) is 4.00. The quantitative estimate of drug-likeness (QED) is 0.0272. The van der Waals surface area contributed by atoms with E-state index in [1.54, 1.807) is 6.08 Å². The maximum atomic E-state index is 12.8. The van der Waals surface area contributed by atoms with Gasteiger partial charge in [-0.05, 0) is 83.5 Å². The van der Waals surface area contributed by atoms with Crippen molar-refractivity contribution in [1.82, 2.24) is 5.32 Å². The molecule has 0 saturated heterocycles. The van der Waals surface area contributed by atoms with Crippen molar-refractivity contribution in [3.63, 3.8) is 0 Å². The van der Waals surface area contributed by atoms with Crippen molar-refractivity contribution < 1.29 is 28.4 Å². The maximum absolute atomic E-state index is 12.8. The molecule has 0 aromatic rings. The Kier molecular flexibility index (Phi) is 47.3. The van der Waals surface area contributed by atoms with Crippen LogP contribution in [0, 0.1) is 0 Å². The van der Waals surface area contributed by atoms with Crippen molar-refractivity contribution in [2.45, 2.75) is 231 Å². The summed E-state index contributed by atoms with van der Waals surface area (Å²) in [7, 11) is -4.36. The molecule has 0 saturated carbocycles. The highest BCUT2D eigenvalue weighted by molar-refractivity contribution is 7.47. The molecule has 0 aromatic carbocycles. The van der Waals surface area contributed by atoms with E-state index in [1.807, 2.05) is 6.08 Å². The normalized spacial score (nSPS) is 14.6. The Labute approximate surface area is 388 Å². The van der Waals surface area contributed by atoms with E-state index in [0.717, 1.165) is 77.0 Å². The second kappa shape index (κ2) is 49.1. The van der Waals surface area contributed by atoms with Crippen LogP contribution >= 0.6 is 7.82 Å². The van der Waals surface area contributed by atoms with Crippen LogP contribution in [0.4, 0.5) is 0 Å². The number of nitrogens with two attached hydrogens (primary N) is 1. The van der Waals surface area contributed by atoms with Gasteiger partial charge in [-0.25, -0.2) is 4.57 Å². The summed E-state index contributed by atoms with van der Waals surface area (Å²) < 4.78 is 22.2. The molecule has 63 heavy (non-hydrogen) atoms. The molecule has 0 aliphatic heterocycles. The zero-order chi connectivity index (χ0) is 46.0. The van der Waals surface area contributed by atoms with Crippen LogP contribution in [-0.4, -0.2) is 47.8 Å². The lowest BCUT2D eigenvalue weighted by Crippen LogP contribution is -2.45. The van der Waals surface area contributed by atoms with Gasteiger partial charge in [0.05, 0.1) is 25.4 Å². The molecule has 3 atom stereocenters. The van der Waals surface area contributed by atoms with Gasteiger partial charge >= 0.3 is 7.82 Å². The predicted octanol–water partition coefficient (Wildman–Crippen LogP) is 15.3. The van der Waals surface area contributed by atoms with Gasteiger partial charge in [0.2, 0.25) is 5.91 Å². The number of aliphatic hydroxyl groups excluding tert-OH is 1. The number of rotatable bonds is 47. The Morgan fingerprint density at radius 1 is 0.540 bits per heavy atom. The van der Waals surface area contributed by atoms with Gasteiger partial charge in [-0.2, -0.15) is 0 Å². The first-order chi connectivity index (χ1) is 30.9. The summed E-state index contributed by atoms with van der Waals surface area (Å²) in [6.07, 6.45) is 66.5. The van der Waals surface area contributed by atoms with Crippen LogP contribution in [0.25, 0.3) is 0 Å². The molecule has 5 N–H and O–H groups in total. The van der Waals surface area contributed by atoms with Crippen LogP contribution in [0.3, 0.4) is 0 Å². The number of aliphatic hydroxyl groups is 1. The molecule has 8 nitrogen and oxygen atoms in total. The SMILES string of the molecule is CC/C=C\C/C=C\C/C=C\C/C=C\CCCCCCCCCCCCC(=O)NC(COP(=O)(O)OCCN)C(O)/C=C/CC/C=C/CC/C=C/CCCCCCCCCCCCC. The molecule has 0 aliphatic carbocycles. The highest BCUT2D eigenvalue weighted by atomic mass is 31.2. The molecule has 0 rings (SSSR count). The summed E-state index contributed by atoms with van der Waals surface area (Å²) in [5.74, 6) is -0.215. The van der Waals surface area contributed by atoms with Gasteiger partial charge in [0.25, 0.3) is 0 Å². The fourth-order valence-electron chi connectivity index (χ4n) is 7.10. The molecule has 0 heterocycles. The van der Waals surface area contributed by atoms with E-state index in [9.17, 15) is 19.4 Å². The molecular formula is C54H97N2O6P. The summed E-state index contributed by atoms with van der Waals surface area (Å²) in [5.41, 5.74) is 5.39. The molecule has 0 aliphatic rings. The molecule has 0 aromatic heterocycles. The highest BCUT2D eigenvalue weighted by Crippen LogP contribution is 2.43. The minimum Gasteiger partial charge on any atom is -0.387 e. The number of phosphoric acid groups is 1. The number of carbonyl (C=O) groups excluding carboxylic acids is 1. The van der Waals surface area contributed by atoms with Crippen LogP contribution in [-0.2, 0) is 18.4 Å². The Bertz CT molecular complexity index is 1260. The zero-order valence-electron chi connectivity index (χ0n) is 40.5. The summed E-state index contributed by atoms with van der Waals surface area (Å²) in [5, 5.41) is 13.7. The largest absolute Gasteiger partial charge is 0.472 e. The fourth-order valence-corrected chi connectivity index (χ4v) is 7.86. The first-order valence-corrected chi connectivity index (χ1v) is 27.2. The van der Waals surface area contributed by atoms with Crippen molar-refractivity contribution in [2.24, 2.45) is 5.73 Å². The van der Waals surface area contributed by atoms with Crippen LogP contribution in [0.1, 0.15) is 219 Å². The molecular weight excluding hydrogens is 804 g/mol. The van der Waals surface area contributed by atoms with Crippen LogP contribution in [0.15, 0.2) is 85.1 Å². The second-order valence-electron chi connectivity index (χ2n) is 17.0. The lowest BCUT2D eigenvalue weighted by atomic mass is 10.0. The van der Waals surface area contributed by atoms with Gasteiger partial charge in [0, 0.05) is 13.0 Å². The number of hydrogen-bond acceptors (Lipinski definition) is 6. The molecule has 0 fully saturated rings. The van der Waals surface area contributed by atoms with Gasteiger partial charge in [0.15, 0.2) is 0 Å². The molecule has 1 amide bonds. The van der Waals surface area contributed by atoms with E-state index in [2.05, 4.69) is 92.1 Å². The summed E-state index contributed by atoms with van der Waals surface area (Å²) in [6, 6.07) is -0.892. The van der Waals surface area contributed by atoms with E-state index in [-0.39, 0.29) is 25.7 Å². The third kappa shape index (κ3) is 47.5. The molecule has 364 valence electrons. The number of amides is 1. The summed E-state index contributed by atoms with van der Waals surface area (Å²) in [4.78, 5) is 22.8. The van der Waals surface area contributed by atoms with Gasteiger partial charge in [-0.1, -0.05) is 214 Å². The minimum atomic E-state index is -4.36. The fraction of sp³-hybridized carbons (Fsp3) is 0.722. The number of nitrogens with one attached hydrogen (secondary N) is 1. The van der Waals surface area contributed by atoms with Crippen molar-refractivity contribution in [1.29, 1.82) is 0 Å². The number of hydrogen-bond donors (Lipinski definition) is 4. The van der Waals surface area contributed by atoms with Crippen LogP contribution in [0.5, 0.6) is 0 Å². The van der Waals surface area contributed by atoms with E-state index in [1.165, 1.54) is 122 Å². The molecule has 0 radical (unpaired) electrons. The van der Waals surface area contributed by atoms with E-state index in [4.69, 9.17) is 14.8 Å². The van der Waals surface area contributed by atoms with Crippen molar-refractivity contribution in [3.05, 3.63) is 85.1 Å². The molecule has 9 heteroatoms. The lowest BCUT2D eigenvalue weighted by molar-refractivity contribution is -0.123. The third-order valence-electron chi connectivity index (χ3n) is 10.9. The number of unbranched alkanes of at least 4 members (excludes halogenated alkanes) is 23. The Morgan fingerprint density at radius 2 is 0.937 bits per heavy atom. The number of phosphoric ester groups is 1. The highest BCUT2D eigenvalue weighted by Gasteiger charge is 2.26. The van der Waals surface area contributed by atoms with E-state index >= 15 is 0 Å². The third-order valence-corrected chi connectivity index (χ3v) is 11.9. The number of carbonyl (C=O) groups is 1. The Hall–Kier alpha value is -2.32. The summed E-state index contributed by atoms with van der Waals surface area (Å²) >= 11 is 0. The Morgan fingerprint density at radius 3 is 1.41 bits per heavy atom. The maximum Gasteiger partial charge on any atom is 0.472 e. The average Bonchev–Trinajstić information content (AvgIpc) is 3.27. The monoisotopic (exact) mass is 901 g/mol. The number of allylic oxidation sites excluding steroid dienone is 13. The second-order valence-corrected chi connectivity index (χ2v) is 18.4. The predicted molar refractivity (Wildman–Crippen MR) is 272 cm³/mol. The van der Waals surface area contributed by atoms with E-state index in [0.29, 0.717) is 6.42 Å². The smallest absolute Gasteiger partial charge is 0.387 e. The van der Waals surface area contributed by atoms with Gasteiger partial charge < -0.3 is 21.1 Å². The van der Waals surface area contributed by atoms with Crippen molar-refractivity contribution in [2.75, 3.05) is 19.8 Å². The molecule has 3 unspecified atom stereocenters. The van der Waals surface area contributed by atoms with Crippen LogP contribution < -0.4 is 11.1 Å². The van der Waals surface area contributed by atoms with Crippen molar-refractivity contribution in [3.8, 4) is 0 Å². The Balaban J connectivity index is 4.19. The zero-order valence-corrected chi connectivity index (χ0v) is 41.4. The van der Waals surface area contributed by atoms with Crippen molar-refractivity contribution >= 4 is 13.7 Å². The first-order valence-electron chi connectivity index (χ1n) is 25.7. The van der Waals surface area contributed by atoms with Gasteiger partial charge in [0.1, 0.15) is 0 Å². The van der Waals surface area contributed by atoms with E-state index < -0.39 is 20.0 Å². The lowest BCUT2D eigenvalue weighted by Gasteiger charge is -2.23. The topological polar surface area (TPSA) is 131 Å². The molecule has 0 spiro atoms. The van der Waals surface area contributed by atoms with Gasteiger partial charge in [-0.3, -0.25) is 13.8 Å². The average molecular weight is 901 g/mol. The standard InChI is InChI=1S/C54H97N2O6P/c1-3-5-7-9-11-13-15-17-19-21-23-25-26-28-30-32-34-36-38-40-42-44-46-48-54(58)56-52(51-62-63(59,60)61-50-49-55)53(57)47-45-43-41-39-37-35-33-31-29-27-24-22-20-18-16-14-12-10-8-6-4-2/h5,7,11,13,17,19,23,25,29,31,37,39,45,47,52-53,57H,3-4,6,8-10,12,14-16,18,20-22,24,26-28,30,32-36,38,40-44,46,48-51,55H2,1-2H3,(H,56,58)(H,59,60)/b7-5-,13-11-,19-17-,25-23-,31-29+,39-37+,47-45+. The minimum absolute atomic E-state index is 0.0673.